The van der Waals surface area contributed by atoms with E-state index in [-0.39, 0.29) is 12.4 Å². The van der Waals surface area contributed by atoms with Gasteiger partial charge in [0.2, 0.25) is 0 Å². The van der Waals surface area contributed by atoms with Crippen molar-refractivity contribution in [2.75, 3.05) is 0 Å². The van der Waals surface area contributed by atoms with E-state index >= 15 is 0 Å². The van der Waals surface area contributed by atoms with Crippen LogP contribution in [-0.4, -0.2) is 19.5 Å². The average Bonchev–Trinajstić information content (AvgIpc) is 3.46. The average molecular weight is 426 g/mol. The molecule has 156 valence electrons. The second-order valence-corrected chi connectivity index (χ2v) is 7.81. The van der Waals surface area contributed by atoms with E-state index in [2.05, 4.69) is 22.0 Å². The number of hydrogen-bond acceptors (Lipinski definition) is 6. The topological polar surface area (TPSA) is 91.5 Å². The first-order valence-corrected chi connectivity index (χ1v) is 9.90. The molecular formula is C22H24ClN5O2. The molecule has 30 heavy (non-hydrogen) atoms. The van der Waals surface area contributed by atoms with Crippen molar-refractivity contribution in [2.24, 2.45) is 5.73 Å². The summed E-state index contributed by atoms with van der Waals surface area (Å²) >= 11 is 0. The van der Waals surface area contributed by atoms with Gasteiger partial charge in [-0.1, -0.05) is 30.1 Å². The van der Waals surface area contributed by atoms with E-state index in [4.69, 9.17) is 15.0 Å². The third-order valence-electron chi connectivity index (χ3n) is 5.48. The number of fused-ring (bicyclic) bond motifs is 1. The van der Waals surface area contributed by atoms with Crippen LogP contribution >= 0.6 is 12.4 Å². The predicted octanol–water partition coefficient (Wildman–Crippen LogP) is 4.42. The number of benzene rings is 1. The summed E-state index contributed by atoms with van der Waals surface area (Å²) in [4.78, 5) is 9.14. The number of rotatable bonds is 5. The molecule has 0 bridgehead atoms. The zero-order chi connectivity index (χ0) is 19.8. The Bertz CT molecular complexity index is 1160. The van der Waals surface area contributed by atoms with Gasteiger partial charge in [0.1, 0.15) is 18.0 Å². The highest BCUT2D eigenvalue weighted by molar-refractivity contribution is 5.85. The van der Waals surface area contributed by atoms with Crippen LogP contribution in [0.5, 0.6) is 5.75 Å². The molecule has 2 N–H and O–H groups in total. The van der Waals surface area contributed by atoms with E-state index in [1.54, 1.807) is 0 Å². The lowest BCUT2D eigenvalue weighted by molar-refractivity contribution is 0.302. The minimum atomic E-state index is -0.461. The molecule has 0 amide bonds. The number of hydrogen-bond donors (Lipinski definition) is 1. The third-order valence-corrected chi connectivity index (χ3v) is 5.48. The molecule has 4 aromatic rings. The molecule has 3 aromatic heterocycles. The molecule has 1 saturated carbocycles. The Balaban J connectivity index is 0.00000218. The number of nitrogens with zero attached hydrogens (tertiary/aromatic N) is 4. The summed E-state index contributed by atoms with van der Waals surface area (Å²) in [5, 5.41) is 4.14. The highest BCUT2D eigenvalue weighted by atomic mass is 35.5. The molecule has 8 heteroatoms. The normalized spacial score (nSPS) is 15.3. The quantitative estimate of drug-likeness (QED) is 0.508. The van der Waals surface area contributed by atoms with Crippen molar-refractivity contribution in [3.05, 3.63) is 65.9 Å². The van der Waals surface area contributed by atoms with Gasteiger partial charge in [-0.25, -0.2) is 4.98 Å². The number of aromatic nitrogens is 4. The fourth-order valence-corrected chi connectivity index (χ4v) is 3.87. The number of ether oxygens (including phenoxy) is 1. The Labute approximate surface area is 180 Å². The third kappa shape index (κ3) is 3.91. The molecule has 0 atom stereocenters. The van der Waals surface area contributed by atoms with Crippen molar-refractivity contribution in [2.45, 2.75) is 44.8 Å². The van der Waals surface area contributed by atoms with Crippen LogP contribution in [0.2, 0.25) is 0 Å². The summed E-state index contributed by atoms with van der Waals surface area (Å²) in [5.74, 6) is 1.78. The fourth-order valence-electron chi connectivity index (χ4n) is 3.87. The number of pyridine rings is 1. The van der Waals surface area contributed by atoms with E-state index in [1.165, 1.54) is 5.56 Å². The van der Waals surface area contributed by atoms with Gasteiger partial charge < -0.3 is 19.4 Å². The van der Waals surface area contributed by atoms with Crippen molar-refractivity contribution in [1.82, 2.24) is 19.5 Å². The van der Waals surface area contributed by atoms with Crippen LogP contribution in [0.4, 0.5) is 0 Å². The smallest absolute Gasteiger partial charge is 0.258 e. The van der Waals surface area contributed by atoms with Crippen LogP contribution in [0, 0.1) is 6.92 Å². The summed E-state index contributed by atoms with van der Waals surface area (Å²) in [6, 6.07) is 11.7. The number of imidazole rings is 1. The number of nitrogens with two attached hydrogens (primary N) is 1. The zero-order valence-corrected chi connectivity index (χ0v) is 17.6. The lowest BCUT2D eigenvalue weighted by Gasteiger charge is -2.17. The van der Waals surface area contributed by atoms with Crippen LogP contribution in [-0.2, 0) is 12.1 Å². The van der Waals surface area contributed by atoms with Gasteiger partial charge in [-0.3, -0.25) is 0 Å². The molecule has 0 spiro atoms. The van der Waals surface area contributed by atoms with Gasteiger partial charge in [0, 0.05) is 18.0 Å². The minimum Gasteiger partial charge on any atom is -0.487 e. The summed E-state index contributed by atoms with van der Waals surface area (Å²) in [6.07, 6.45) is 8.03. The van der Waals surface area contributed by atoms with Crippen LogP contribution in [0.1, 0.15) is 42.8 Å². The Morgan fingerprint density at radius 3 is 2.80 bits per heavy atom. The summed E-state index contributed by atoms with van der Waals surface area (Å²) < 4.78 is 13.4. The van der Waals surface area contributed by atoms with E-state index in [1.807, 2.05) is 53.2 Å². The van der Waals surface area contributed by atoms with Crippen molar-refractivity contribution < 1.29 is 9.26 Å². The second-order valence-electron chi connectivity index (χ2n) is 7.81. The van der Waals surface area contributed by atoms with E-state index in [0.717, 1.165) is 48.3 Å². The van der Waals surface area contributed by atoms with Gasteiger partial charge in [0.05, 0.1) is 11.2 Å². The van der Waals surface area contributed by atoms with Crippen molar-refractivity contribution in [3.63, 3.8) is 0 Å². The molecule has 0 unspecified atom stereocenters. The Morgan fingerprint density at radius 2 is 1.97 bits per heavy atom. The number of aryl methyl sites for hydroxylation is 1. The highest BCUT2D eigenvalue weighted by Gasteiger charge is 2.36. The minimum absolute atomic E-state index is 0. The summed E-state index contributed by atoms with van der Waals surface area (Å²) in [5.41, 5.74) is 9.75. The first kappa shape index (κ1) is 20.4. The maximum absolute atomic E-state index is 6.44. The van der Waals surface area contributed by atoms with E-state index in [0.29, 0.717) is 18.3 Å². The monoisotopic (exact) mass is 425 g/mol. The number of halogens is 1. The maximum Gasteiger partial charge on any atom is 0.258 e. The Kier molecular flexibility index (Phi) is 5.49. The molecule has 1 aliphatic rings. The molecule has 1 aliphatic carbocycles. The van der Waals surface area contributed by atoms with Gasteiger partial charge in [0.15, 0.2) is 5.82 Å². The first-order chi connectivity index (χ1) is 14.1. The molecule has 0 aliphatic heterocycles. The molecule has 5 rings (SSSR count). The largest absolute Gasteiger partial charge is 0.487 e. The second kappa shape index (κ2) is 8.08. The van der Waals surface area contributed by atoms with Gasteiger partial charge in [0.25, 0.3) is 5.89 Å². The van der Waals surface area contributed by atoms with Crippen LogP contribution in [0.15, 0.2) is 53.3 Å². The molecule has 1 fully saturated rings. The predicted molar refractivity (Wildman–Crippen MR) is 116 cm³/mol. The Hall–Kier alpha value is -2.90. The molecule has 0 saturated heterocycles. The lowest BCUT2D eigenvalue weighted by atomic mass is 9.99. The van der Waals surface area contributed by atoms with Gasteiger partial charge in [-0.05, 0) is 49.6 Å². The van der Waals surface area contributed by atoms with Crippen molar-refractivity contribution in [1.29, 1.82) is 0 Å². The van der Waals surface area contributed by atoms with Crippen LogP contribution in [0.25, 0.3) is 17.1 Å². The summed E-state index contributed by atoms with van der Waals surface area (Å²) in [6.45, 7) is 2.44. The standard InChI is InChI=1S/C22H23N5O2.ClH/c1-15-7-8-19-24-17(13-27(19)12-15)14-28-18-6-4-5-16(11-18)20-25-21(26-29-20)22(23)9-2-3-10-22;/h4-8,11-13H,2-3,9-10,14,23H2,1H3;1H. The molecule has 0 radical (unpaired) electrons. The van der Waals surface area contributed by atoms with E-state index < -0.39 is 5.54 Å². The molecule has 7 nitrogen and oxygen atoms in total. The Morgan fingerprint density at radius 1 is 1.13 bits per heavy atom. The molecule has 1 aromatic carbocycles. The van der Waals surface area contributed by atoms with Gasteiger partial charge in [-0.15, -0.1) is 12.4 Å². The summed E-state index contributed by atoms with van der Waals surface area (Å²) in [7, 11) is 0. The van der Waals surface area contributed by atoms with Gasteiger partial charge >= 0.3 is 0 Å². The maximum atomic E-state index is 6.44. The lowest BCUT2D eigenvalue weighted by Crippen LogP contribution is -2.34. The van der Waals surface area contributed by atoms with Crippen molar-refractivity contribution in [3.8, 4) is 17.2 Å². The molecule has 3 heterocycles. The van der Waals surface area contributed by atoms with Crippen LogP contribution < -0.4 is 10.5 Å². The van der Waals surface area contributed by atoms with Gasteiger partial charge in [-0.2, -0.15) is 4.98 Å². The molecular weight excluding hydrogens is 402 g/mol. The SMILES string of the molecule is Cc1ccc2nc(COc3cccc(-c4nc(C5(N)CCCC5)no4)c3)cn2c1.Cl. The van der Waals surface area contributed by atoms with Crippen molar-refractivity contribution >= 4 is 18.1 Å². The zero-order valence-electron chi connectivity index (χ0n) is 16.7. The van der Waals surface area contributed by atoms with E-state index in [9.17, 15) is 0 Å². The fraction of sp³-hybridized carbons (Fsp3) is 0.318. The van der Waals surface area contributed by atoms with Crippen LogP contribution in [0.3, 0.4) is 0 Å². The first-order valence-electron chi connectivity index (χ1n) is 9.90. The highest BCUT2D eigenvalue weighted by Crippen LogP contribution is 2.35.